The van der Waals surface area contributed by atoms with Gasteiger partial charge in [0.15, 0.2) is 5.69 Å². The smallest absolute Gasteiger partial charge is 0.158 e. The van der Waals surface area contributed by atoms with Crippen LogP contribution in [0.1, 0.15) is 37.0 Å². The van der Waals surface area contributed by atoms with E-state index in [4.69, 9.17) is 10.2 Å². The van der Waals surface area contributed by atoms with Crippen LogP contribution in [0.3, 0.4) is 0 Å². The largest absolute Gasteiger partial charge is 0.353 e. The second-order valence-electron chi connectivity index (χ2n) is 6.23. The molecule has 1 saturated heterocycles. The minimum atomic E-state index is 0.318. The minimum absolute atomic E-state index is 0.318. The molecule has 0 radical (unpaired) electrons. The molecule has 0 aliphatic carbocycles. The maximum atomic E-state index is 8.80. The summed E-state index contributed by atoms with van der Waals surface area (Å²) in [6.07, 6.45) is 3.18. The Kier molecular flexibility index (Phi) is 4.56. The Morgan fingerprint density at radius 3 is 2.21 bits per heavy atom. The van der Waals surface area contributed by atoms with Gasteiger partial charge in [0.25, 0.3) is 0 Å². The van der Waals surface area contributed by atoms with Crippen molar-refractivity contribution >= 4 is 11.6 Å². The van der Waals surface area contributed by atoms with E-state index >= 15 is 0 Å². The van der Waals surface area contributed by atoms with Crippen LogP contribution in [0.4, 0.5) is 11.6 Å². The van der Waals surface area contributed by atoms with E-state index < -0.39 is 0 Å². The van der Waals surface area contributed by atoms with Gasteiger partial charge in [-0.2, -0.15) is 5.26 Å². The molecule has 2 aromatic heterocycles. The molecule has 0 unspecified atom stereocenters. The molecule has 0 amide bonds. The highest BCUT2D eigenvalue weighted by Crippen LogP contribution is 2.20. The Labute approximate surface area is 142 Å². The monoisotopic (exact) mass is 323 g/mol. The van der Waals surface area contributed by atoms with Crippen molar-refractivity contribution in [3.8, 4) is 6.07 Å². The molecule has 7 heteroatoms. The lowest BCUT2D eigenvalue weighted by Crippen LogP contribution is -2.47. The Morgan fingerprint density at radius 1 is 1.00 bits per heavy atom. The first-order valence-electron chi connectivity index (χ1n) is 8.14. The first-order chi connectivity index (χ1) is 11.6. The molecule has 24 heavy (non-hydrogen) atoms. The van der Waals surface area contributed by atoms with Crippen LogP contribution in [0, 0.1) is 18.3 Å². The van der Waals surface area contributed by atoms with Crippen LogP contribution in [0.5, 0.6) is 0 Å². The predicted octanol–water partition coefficient (Wildman–Crippen LogP) is 1.90. The fourth-order valence-corrected chi connectivity index (χ4v) is 2.70. The number of piperazine rings is 1. The molecule has 1 aliphatic rings. The summed E-state index contributed by atoms with van der Waals surface area (Å²) in [7, 11) is 0. The number of aryl methyl sites for hydroxylation is 1. The van der Waals surface area contributed by atoms with Crippen LogP contribution in [0.15, 0.2) is 18.5 Å². The second kappa shape index (κ2) is 6.79. The van der Waals surface area contributed by atoms with Crippen molar-refractivity contribution in [1.29, 1.82) is 5.26 Å². The molecule has 1 fully saturated rings. The highest BCUT2D eigenvalue weighted by Gasteiger charge is 2.20. The van der Waals surface area contributed by atoms with Crippen LogP contribution < -0.4 is 9.80 Å². The van der Waals surface area contributed by atoms with Crippen LogP contribution in [-0.4, -0.2) is 46.1 Å². The second-order valence-corrected chi connectivity index (χ2v) is 6.23. The first kappa shape index (κ1) is 16.1. The highest BCUT2D eigenvalue weighted by molar-refractivity contribution is 5.45. The summed E-state index contributed by atoms with van der Waals surface area (Å²) in [6, 6.07) is 4.04. The molecule has 3 heterocycles. The number of rotatable bonds is 3. The lowest BCUT2D eigenvalue weighted by Gasteiger charge is -2.36. The van der Waals surface area contributed by atoms with Gasteiger partial charge in [-0.15, -0.1) is 0 Å². The van der Waals surface area contributed by atoms with Gasteiger partial charge in [0.1, 0.15) is 23.5 Å². The van der Waals surface area contributed by atoms with Crippen molar-refractivity contribution in [3.05, 3.63) is 35.7 Å². The number of hydrogen-bond donors (Lipinski definition) is 0. The molecule has 2 aromatic rings. The van der Waals surface area contributed by atoms with E-state index in [1.807, 2.05) is 19.1 Å². The third-order valence-electron chi connectivity index (χ3n) is 4.05. The third kappa shape index (κ3) is 3.43. The zero-order valence-electron chi connectivity index (χ0n) is 14.3. The van der Waals surface area contributed by atoms with Gasteiger partial charge < -0.3 is 9.80 Å². The van der Waals surface area contributed by atoms with E-state index in [0.29, 0.717) is 11.6 Å². The van der Waals surface area contributed by atoms with E-state index in [-0.39, 0.29) is 0 Å². The number of anilines is 2. The Balaban J connectivity index is 1.69. The highest BCUT2D eigenvalue weighted by atomic mass is 15.3. The van der Waals surface area contributed by atoms with E-state index in [2.05, 4.69) is 38.6 Å². The van der Waals surface area contributed by atoms with Crippen molar-refractivity contribution in [2.24, 2.45) is 0 Å². The lowest BCUT2D eigenvalue weighted by molar-refractivity contribution is 0.634. The normalized spacial score (nSPS) is 14.8. The predicted molar refractivity (Wildman–Crippen MR) is 92.0 cm³/mol. The molecule has 124 valence electrons. The van der Waals surface area contributed by atoms with Gasteiger partial charge >= 0.3 is 0 Å². The maximum Gasteiger partial charge on any atom is 0.158 e. The number of hydrogen-bond acceptors (Lipinski definition) is 7. The summed E-state index contributed by atoms with van der Waals surface area (Å²) < 4.78 is 0. The third-order valence-corrected chi connectivity index (χ3v) is 4.05. The average Bonchev–Trinajstić information content (AvgIpc) is 2.61. The summed E-state index contributed by atoms with van der Waals surface area (Å²) in [5, 5.41) is 8.80. The van der Waals surface area contributed by atoms with Crippen LogP contribution in [0.25, 0.3) is 0 Å². The molecule has 0 spiro atoms. The van der Waals surface area contributed by atoms with Gasteiger partial charge in [0, 0.05) is 43.9 Å². The summed E-state index contributed by atoms with van der Waals surface area (Å²) in [5.74, 6) is 3.02. The summed E-state index contributed by atoms with van der Waals surface area (Å²) >= 11 is 0. The number of aromatic nitrogens is 4. The van der Waals surface area contributed by atoms with E-state index in [1.54, 1.807) is 6.20 Å². The molecule has 0 N–H and O–H groups in total. The standard InChI is InChI=1S/C17H21N7/c1-12(2)17-21-13(3)8-15(22-17)23-4-6-24(7-5-23)16-11-19-14(9-18)10-20-16/h8,10-12H,4-7H2,1-3H3. The molecule has 0 bridgehead atoms. The van der Waals surface area contributed by atoms with Gasteiger partial charge in [-0.3, -0.25) is 0 Å². The lowest BCUT2D eigenvalue weighted by atomic mass is 10.2. The fourth-order valence-electron chi connectivity index (χ4n) is 2.70. The molecule has 7 nitrogen and oxygen atoms in total. The van der Waals surface area contributed by atoms with Crippen molar-refractivity contribution < 1.29 is 0 Å². The SMILES string of the molecule is Cc1cc(N2CCN(c3cnc(C#N)cn3)CC2)nc(C(C)C)n1. The summed E-state index contributed by atoms with van der Waals surface area (Å²) in [5.41, 5.74) is 1.35. The number of nitriles is 1. The maximum absolute atomic E-state index is 8.80. The van der Waals surface area contributed by atoms with Gasteiger partial charge in [-0.1, -0.05) is 13.8 Å². The molecule has 1 aliphatic heterocycles. The van der Waals surface area contributed by atoms with Gasteiger partial charge in [0.05, 0.1) is 12.4 Å². The van der Waals surface area contributed by atoms with Crippen molar-refractivity contribution in [2.45, 2.75) is 26.7 Å². The van der Waals surface area contributed by atoms with Crippen LogP contribution >= 0.6 is 0 Å². The summed E-state index contributed by atoms with van der Waals surface area (Å²) in [4.78, 5) is 22.1. The van der Waals surface area contributed by atoms with Gasteiger partial charge in [-0.05, 0) is 6.92 Å². The topological polar surface area (TPSA) is 81.8 Å². The zero-order valence-corrected chi connectivity index (χ0v) is 14.3. The zero-order chi connectivity index (χ0) is 17.1. The Morgan fingerprint density at radius 2 is 1.67 bits per heavy atom. The average molecular weight is 323 g/mol. The summed E-state index contributed by atoms with van der Waals surface area (Å²) in [6.45, 7) is 9.67. The van der Waals surface area contributed by atoms with Crippen LogP contribution in [0.2, 0.25) is 0 Å². The first-order valence-corrected chi connectivity index (χ1v) is 8.14. The minimum Gasteiger partial charge on any atom is -0.353 e. The quantitative estimate of drug-likeness (QED) is 0.853. The molecule has 0 atom stereocenters. The van der Waals surface area contributed by atoms with E-state index in [0.717, 1.165) is 49.3 Å². The van der Waals surface area contributed by atoms with Crippen LogP contribution in [-0.2, 0) is 0 Å². The van der Waals surface area contributed by atoms with Gasteiger partial charge in [0.2, 0.25) is 0 Å². The Hall–Kier alpha value is -2.75. The van der Waals surface area contributed by atoms with Crippen molar-refractivity contribution in [3.63, 3.8) is 0 Å². The number of nitrogens with zero attached hydrogens (tertiary/aromatic N) is 7. The molecular formula is C17H21N7. The molecule has 3 rings (SSSR count). The Bertz CT molecular complexity index is 741. The fraction of sp³-hybridized carbons (Fsp3) is 0.471. The van der Waals surface area contributed by atoms with E-state index in [9.17, 15) is 0 Å². The molecule has 0 saturated carbocycles. The van der Waals surface area contributed by atoms with Gasteiger partial charge in [-0.25, -0.2) is 19.9 Å². The molecule has 0 aromatic carbocycles. The van der Waals surface area contributed by atoms with Crippen molar-refractivity contribution in [1.82, 2.24) is 19.9 Å². The molecular weight excluding hydrogens is 302 g/mol. The van der Waals surface area contributed by atoms with E-state index in [1.165, 1.54) is 6.20 Å². The van der Waals surface area contributed by atoms with Crippen molar-refractivity contribution in [2.75, 3.05) is 36.0 Å².